The molecule has 2 bridgehead atoms. The number of aryl methyl sites for hydroxylation is 2. The Morgan fingerprint density at radius 3 is 2.28 bits per heavy atom. The van der Waals surface area contributed by atoms with Crippen molar-refractivity contribution in [2.75, 3.05) is 5.32 Å². The van der Waals surface area contributed by atoms with E-state index in [9.17, 15) is 14.4 Å². The van der Waals surface area contributed by atoms with Crippen LogP contribution in [0.5, 0.6) is 0 Å². The van der Waals surface area contributed by atoms with Gasteiger partial charge in [0.15, 0.2) is 0 Å². The van der Waals surface area contributed by atoms with E-state index >= 15 is 0 Å². The zero-order valence-electron chi connectivity index (χ0n) is 18.0. The lowest BCUT2D eigenvalue weighted by atomic mass is 9.85. The lowest BCUT2D eigenvalue weighted by Gasteiger charge is -2.27. The van der Waals surface area contributed by atoms with Crippen LogP contribution in [-0.2, 0) is 20.8 Å². The van der Waals surface area contributed by atoms with Crippen LogP contribution < -0.4 is 5.32 Å². The SMILES string of the molecule is Cc1cc(NC(=O)[C@H](Cc2ccccc2)N2C(=O)[C@@H]3[C@H](C2=O)[C@H]2C=C[C@@H]3C2)c(C)cc1Br. The highest BCUT2D eigenvalue weighted by atomic mass is 79.9. The summed E-state index contributed by atoms with van der Waals surface area (Å²) in [4.78, 5) is 41.7. The molecule has 0 unspecified atom stereocenters. The summed E-state index contributed by atoms with van der Waals surface area (Å²) in [5.41, 5.74) is 3.51. The second-order valence-corrected chi connectivity index (χ2v) is 10.0. The first-order valence-electron chi connectivity index (χ1n) is 11.0. The first-order valence-corrected chi connectivity index (χ1v) is 11.8. The van der Waals surface area contributed by atoms with E-state index in [2.05, 4.69) is 33.4 Å². The van der Waals surface area contributed by atoms with E-state index < -0.39 is 6.04 Å². The standard InChI is InChI=1S/C26H25BrN2O3/c1-14-11-20(15(2)10-19(14)27)28-24(30)21(12-16-6-4-3-5-7-16)29-25(31)22-17-8-9-18(13-17)23(22)26(29)32/h3-11,17-18,21-23H,12-13H2,1-2H3,(H,28,30)/t17-,18+,21-,22+,23-/m0/s1. The van der Waals surface area contributed by atoms with E-state index in [1.807, 2.05) is 56.3 Å². The number of nitrogens with one attached hydrogen (secondary N) is 1. The van der Waals surface area contributed by atoms with Crippen LogP contribution in [0.3, 0.4) is 0 Å². The normalized spacial score (nSPS) is 26.5. The van der Waals surface area contributed by atoms with Crippen LogP contribution in [0.1, 0.15) is 23.1 Å². The summed E-state index contributed by atoms with van der Waals surface area (Å²) in [7, 11) is 0. The summed E-state index contributed by atoms with van der Waals surface area (Å²) >= 11 is 3.52. The maximum absolute atomic E-state index is 13.6. The van der Waals surface area contributed by atoms with Gasteiger partial charge in [-0.3, -0.25) is 19.3 Å². The van der Waals surface area contributed by atoms with Crippen molar-refractivity contribution in [3.05, 3.63) is 75.8 Å². The van der Waals surface area contributed by atoms with E-state index in [1.54, 1.807) is 0 Å². The molecular weight excluding hydrogens is 468 g/mol. The number of fused-ring (bicyclic) bond motifs is 5. The summed E-state index contributed by atoms with van der Waals surface area (Å²) in [6, 6.07) is 12.5. The Bertz CT molecular complexity index is 1110. The van der Waals surface area contributed by atoms with E-state index in [-0.39, 0.29) is 41.4 Å². The van der Waals surface area contributed by atoms with E-state index in [0.717, 1.165) is 27.6 Å². The zero-order valence-corrected chi connectivity index (χ0v) is 19.6. The number of rotatable bonds is 5. The number of allylic oxidation sites excluding steroid dienone is 2. The number of amides is 3. The van der Waals surface area contributed by atoms with E-state index in [0.29, 0.717) is 12.1 Å². The van der Waals surface area contributed by atoms with Crippen LogP contribution >= 0.6 is 15.9 Å². The predicted molar refractivity (Wildman–Crippen MR) is 126 cm³/mol. The Morgan fingerprint density at radius 2 is 1.66 bits per heavy atom. The number of nitrogens with zero attached hydrogens (tertiary/aromatic N) is 1. The van der Waals surface area contributed by atoms with Gasteiger partial charge < -0.3 is 5.32 Å². The highest BCUT2D eigenvalue weighted by molar-refractivity contribution is 9.10. The number of carbonyl (C=O) groups is 3. The molecule has 1 saturated carbocycles. The number of halogens is 1. The Balaban J connectivity index is 1.47. The van der Waals surface area contributed by atoms with E-state index in [1.165, 1.54) is 4.90 Å². The van der Waals surface area contributed by atoms with Crippen molar-refractivity contribution in [1.29, 1.82) is 0 Å². The third kappa shape index (κ3) is 3.41. The quantitative estimate of drug-likeness (QED) is 0.496. The van der Waals surface area contributed by atoms with Crippen molar-refractivity contribution >= 4 is 39.3 Å². The Kier molecular flexibility index (Phi) is 5.28. The highest BCUT2D eigenvalue weighted by Crippen LogP contribution is 2.53. The number of hydrogen-bond acceptors (Lipinski definition) is 3. The molecule has 1 aliphatic heterocycles. The number of hydrogen-bond donors (Lipinski definition) is 1. The van der Waals surface area contributed by atoms with Crippen molar-refractivity contribution < 1.29 is 14.4 Å². The molecule has 32 heavy (non-hydrogen) atoms. The largest absolute Gasteiger partial charge is 0.324 e. The number of imide groups is 1. The lowest BCUT2D eigenvalue weighted by Crippen LogP contribution is -2.49. The molecule has 6 heteroatoms. The second kappa shape index (κ2) is 8.00. The van der Waals surface area contributed by atoms with Crippen molar-refractivity contribution in [2.24, 2.45) is 23.7 Å². The van der Waals surface area contributed by atoms with Gasteiger partial charge in [0.1, 0.15) is 6.04 Å². The molecule has 2 aromatic rings. The van der Waals surface area contributed by atoms with Crippen LogP contribution in [0.15, 0.2) is 59.1 Å². The third-order valence-electron chi connectivity index (χ3n) is 7.15. The van der Waals surface area contributed by atoms with Crippen molar-refractivity contribution in [3.8, 4) is 0 Å². The Morgan fingerprint density at radius 1 is 1.03 bits per heavy atom. The number of benzene rings is 2. The van der Waals surface area contributed by atoms with Gasteiger partial charge in [-0.25, -0.2) is 0 Å². The van der Waals surface area contributed by atoms with Crippen LogP contribution in [-0.4, -0.2) is 28.7 Å². The summed E-state index contributed by atoms with van der Waals surface area (Å²) in [5, 5.41) is 3.00. The maximum atomic E-state index is 13.6. The highest BCUT2D eigenvalue weighted by Gasteiger charge is 2.61. The van der Waals surface area contributed by atoms with E-state index in [4.69, 9.17) is 0 Å². The van der Waals surface area contributed by atoms with Crippen molar-refractivity contribution in [3.63, 3.8) is 0 Å². The average molecular weight is 493 g/mol. The van der Waals surface area contributed by atoms with Gasteiger partial charge in [-0.1, -0.05) is 58.4 Å². The van der Waals surface area contributed by atoms with Gasteiger partial charge >= 0.3 is 0 Å². The maximum Gasteiger partial charge on any atom is 0.248 e. The molecule has 5 nitrogen and oxygen atoms in total. The summed E-state index contributed by atoms with van der Waals surface area (Å²) in [5.74, 6) is -1.14. The molecule has 164 valence electrons. The monoisotopic (exact) mass is 492 g/mol. The Hall–Kier alpha value is -2.73. The van der Waals surface area contributed by atoms with Crippen molar-refractivity contribution in [2.45, 2.75) is 32.7 Å². The number of anilines is 1. The van der Waals surface area contributed by atoms with Crippen molar-refractivity contribution in [1.82, 2.24) is 4.90 Å². The van der Waals surface area contributed by atoms with Crippen LogP contribution in [0, 0.1) is 37.5 Å². The van der Waals surface area contributed by atoms with Gasteiger partial charge in [-0.05, 0) is 60.9 Å². The molecule has 2 fully saturated rings. The lowest BCUT2D eigenvalue weighted by molar-refractivity contribution is -0.147. The molecule has 2 aromatic carbocycles. The van der Waals surface area contributed by atoms with Gasteiger partial charge in [-0.15, -0.1) is 0 Å². The van der Waals surface area contributed by atoms with Crippen LogP contribution in [0.2, 0.25) is 0 Å². The molecule has 1 heterocycles. The van der Waals surface area contributed by atoms with Gasteiger partial charge in [0.25, 0.3) is 0 Å². The second-order valence-electron chi connectivity index (χ2n) is 9.16. The molecule has 3 amide bonds. The number of carbonyl (C=O) groups excluding carboxylic acids is 3. The predicted octanol–water partition coefficient (Wildman–Crippen LogP) is 4.42. The fourth-order valence-corrected chi connectivity index (χ4v) is 5.96. The molecule has 5 atom stereocenters. The first-order chi connectivity index (χ1) is 15.3. The third-order valence-corrected chi connectivity index (χ3v) is 8.01. The molecule has 0 radical (unpaired) electrons. The topological polar surface area (TPSA) is 66.5 Å². The fraction of sp³-hybridized carbons (Fsp3) is 0.346. The van der Waals surface area contributed by atoms with Gasteiger partial charge in [0, 0.05) is 16.6 Å². The van der Waals surface area contributed by atoms with Gasteiger partial charge in [-0.2, -0.15) is 0 Å². The molecule has 3 aliphatic rings. The molecule has 1 N–H and O–H groups in total. The molecule has 5 rings (SSSR count). The molecule has 0 aromatic heterocycles. The van der Waals surface area contributed by atoms with Gasteiger partial charge in [0.05, 0.1) is 11.8 Å². The summed E-state index contributed by atoms with van der Waals surface area (Å²) in [6.45, 7) is 3.88. The summed E-state index contributed by atoms with van der Waals surface area (Å²) in [6.07, 6.45) is 5.30. The molecular formula is C26H25BrN2O3. The zero-order chi connectivity index (χ0) is 22.6. The minimum Gasteiger partial charge on any atom is -0.324 e. The number of likely N-dealkylation sites (tertiary alicyclic amines) is 1. The molecule has 1 saturated heterocycles. The Labute approximate surface area is 196 Å². The minimum atomic E-state index is -0.884. The average Bonchev–Trinajstić information content (AvgIpc) is 3.45. The smallest absolute Gasteiger partial charge is 0.248 e. The van der Waals surface area contributed by atoms with Crippen LogP contribution in [0.25, 0.3) is 0 Å². The first kappa shape index (κ1) is 21.1. The van der Waals surface area contributed by atoms with Gasteiger partial charge in [0.2, 0.25) is 17.7 Å². The minimum absolute atomic E-state index is 0.114. The molecule has 0 spiro atoms. The fourth-order valence-electron chi connectivity index (χ4n) is 5.50. The summed E-state index contributed by atoms with van der Waals surface area (Å²) < 4.78 is 0.967. The molecule has 2 aliphatic carbocycles. The van der Waals surface area contributed by atoms with Crippen LogP contribution in [0.4, 0.5) is 5.69 Å².